The van der Waals surface area contributed by atoms with Gasteiger partial charge in [-0.3, -0.25) is 9.80 Å². The number of nitrogens with zero attached hydrogens (tertiary/aromatic N) is 3. The molecule has 0 saturated carbocycles. The molecule has 0 unspecified atom stereocenters. The maximum Gasteiger partial charge on any atom is 0.329 e. The van der Waals surface area contributed by atoms with E-state index < -0.39 is 23.4 Å². The molecule has 2 aromatic heterocycles. The summed E-state index contributed by atoms with van der Waals surface area (Å²) in [4.78, 5) is 23.1. The van der Waals surface area contributed by atoms with Crippen LogP contribution in [0, 0.1) is 11.6 Å². The van der Waals surface area contributed by atoms with Gasteiger partial charge in [-0.2, -0.15) is 0 Å². The van der Waals surface area contributed by atoms with Gasteiger partial charge in [-0.25, -0.2) is 18.6 Å². The summed E-state index contributed by atoms with van der Waals surface area (Å²) < 4.78 is 39.9. The lowest BCUT2D eigenvalue weighted by Gasteiger charge is -2.35. The van der Waals surface area contributed by atoms with E-state index in [1.54, 1.807) is 13.2 Å². The average Bonchev–Trinajstić information content (AvgIpc) is 3.14. The van der Waals surface area contributed by atoms with Gasteiger partial charge < -0.3 is 14.5 Å². The van der Waals surface area contributed by atoms with E-state index in [4.69, 9.17) is 9.47 Å². The van der Waals surface area contributed by atoms with Crippen molar-refractivity contribution in [3.8, 4) is 11.5 Å². The second kappa shape index (κ2) is 6.91. The summed E-state index contributed by atoms with van der Waals surface area (Å²) in [7, 11) is 4.10. The maximum absolute atomic E-state index is 15.0. The number of anilines is 2. The fraction of sp³-hybridized carbons (Fsp3) is 0.300. The molecule has 3 heterocycles. The highest BCUT2D eigenvalue weighted by Crippen LogP contribution is 2.42. The van der Waals surface area contributed by atoms with Crippen LogP contribution in [0.3, 0.4) is 0 Å². The van der Waals surface area contributed by atoms with Crippen LogP contribution in [0.2, 0.25) is 0 Å². The summed E-state index contributed by atoms with van der Waals surface area (Å²) in [6.07, 6.45) is 4.21. The van der Waals surface area contributed by atoms with E-state index in [2.05, 4.69) is 9.97 Å². The van der Waals surface area contributed by atoms with Gasteiger partial charge >= 0.3 is 6.03 Å². The lowest BCUT2D eigenvalue weighted by atomic mass is 10.0. The lowest BCUT2D eigenvalue weighted by molar-refractivity contribution is 0.250. The number of urea groups is 1. The van der Waals surface area contributed by atoms with E-state index in [0.29, 0.717) is 16.9 Å². The highest BCUT2D eigenvalue weighted by atomic mass is 19.1. The Bertz CT molecular complexity index is 1100. The first-order valence-corrected chi connectivity index (χ1v) is 9.05. The van der Waals surface area contributed by atoms with Gasteiger partial charge in [-0.15, -0.1) is 0 Å². The van der Waals surface area contributed by atoms with E-state index in [9.17, 15) is 13.6 Å². The Morgan fingerprint density at radius 1 is 1.17 bits per heavy atom. The fourth-order valence-corrected chi connectivity index (χ4v) is 3.76. The summed E-state index contributed by atoms with van der Waals surface area (Å²) >= 11 is 0. The molecular formula is C20H20F2N4O3. The van der Waals surface area contributed by atoms with E-state index >= 15 is 0 Å². The number of hydrogen-bond acceptors (Lipinski definition) is 4. The van der Waals surface area contributed by atoms with E-state index in [1.807, 2.05) is 13.1 Å². The number of pyridine rings is 1. The van der Waals surface area contributed by atoms with Crippen molar-refractivity contribution in [3.05, 3.63) is 41.2 Å². The zero-order valence-electron chi connectivity index (χ0n) is 16.5. The van der Waals surface area contributed by atoms with Crippen molar-refractivity contribution >= 4 is 28.4 Å². The molecule has 3 aromatic rings. The number of aromatic amines is 1. The quantitative estimate of drug-likeness (QED) is 0.716. The van der Waals surface area contributed by atoms with Crippen molar-refractivity contribution < 1.29 is 23.0 Å². The normalized spacial score (nSPS) is 13.8. The predicted molar refractivity (Wildman–Crippen MR) is 105 cm³/mol. The number of halogens is 2. The number of hydrogen-bond donors (Lipinski definition) is 1. The second-order valence-electron chi connectivity index (χ2n) is 6.71. The maximum atomic E-state index is 15.0. The number of carbonyl (C=O) groups is 1. The molecule has 1 N–H and O–H groups in total. The number of nitrogens with one attached hydrogen (secondary N) is 1. The zero-order chi connectivity index (χ0) is 20.9. The Balaban J connectivity index is 1.92. The monoisotopic (exact) mass is 402 g/mol. The van der Waals surface area contributed by atoms with E-state index in [1.165, 1.54) is 19.1 Å². The highest BCUT2D eigenvalue weighted by Gasteiger charge is 2.36. The van der Waals surface area contributed by atoms with Gasteiger partial charge in [0, 0.05) is 36.5 Å². The van der Waals surface area contributed by atoms with E-state index in [-0.39, 0.29) is 18.0 Å². The summed E-state index contributed by atoms with van der Waals surface area (Å²) in [5, 5.41) is 0.838. The number of methoxy groups -OCH3 is 2. The SMILES string of the molecule is CCc1c[nH]c2ncc3c(c12)N(C)C(=O)N(c1c(F)c(OC)cc(OC)c1F)C3. The minimum absolute atomic E-state index is 0.0417. The van der Waals surface area contributed by atoms with Crippen LogP contribution in [0.5, 0.6) is 11.5 Å². The first-order chi connectivity index (χ1) is 13.9. The molecule has 29 heavy (non-hydrogen) atoms. The number of aryl methyl sites for hydroxylation is 1. The van der Waals surface area contributed by atoms with Crippen molar-refractivity contribution in [2.45, 2.75) is 19.9 Å². The number of aromatic nitrogens is 2. The topological polar surface area (TPSA) is 70.7 Å². The van der Waals surface area contributed by atoms with Crippen LogP contribution in [0.15, 0.2) is 18.5 Å². The molecule has 2 amide bonds. The van der Waals surface area contributed by atoms with Gasteiger partial charge in [0.2, 0.25) is 0 Å². The molecule has 0 radical (unpaired) electrons. The first-order valence-electron chi connectivity index (χ1n) is 9.05. The molecule has 1 aromatic carbocycles. The minimum Gasteiger partial charge on any atom is -0.493 e. The summed E-state index contributed by atoms with van der Waals surface area (Å²) in [5.74, 6) is -2.37. The largest absolute Gasteiger partial charge is 0.493 e. The molecule has 152 valence electrons. The molecule has 7 nitrogen and oxygen atoms in total. The molecule has 0 fully saturated rings. The fourth-order valence-electron chi connectivity index (χ4n) is 3.76. The Hall–Kier alpha value is -3.36. The molecule has 0 spiro atoms. The second-order valence-corrected chi connectivity index (χ2v) is 6.71. The average molecular weight is 402 g/mol. The van der Waals surface area contributed by atoms with Crippen LogP contribution in [-0.4, -0.2) is 37.3 Å². The molecule has 0 atom stereocenters. The third-order valence-electron chi connectivity index (χ3n) is 5.21. The van der Waals surface area contributed by atoms with Crippen molar-refractivity contribution in [1.29, 1.82) is 0 Å². The molecule has 1 aliphatic rings. The molecule has 9 heteroatoms. The number of H-pyrrole nitrogens is 1. The van der Waals surface area contributed by atoms with Gasteiger partial charge in [0.15, 0.2) is 23.1 Å². The molecule has 0 saturated heterocycles. The Morgan fingerprint density at radius 2 is 1.83 bits per heavy atom. The Morgan fingerprint density at radius 3 is 2.41 bits per heavy atom. The Kier molecular flexibility index (Phi) is 4.52. The van der Waals surface area contributed by atoms with Gasteiger partial charge in [0.1, 0.15) is 11.3 Å². The van der Waals surface area contributed by atoms with Gasteiger partial charge in [0.05, 0.1) is 26.5 Å². The van der Waals surface area contributed by atoms with Gasteiger partial charge in [0.25, 0.3) is 0 Å². The molecular weight excluding hydrogens is 382 g/mol. The van der Waals surface area contributed by atoms with Gasteiger partial charge in [-0.05, 0) is 12.0 Å². The van der Waals surface area contributed by atoms with Gasteiger partial charge in [-0.1, -0.05) is 6.92 Å². The number of rotatable bonds is 4. The summed E-state index contributed by atoms with van der Waals surface area (Å²) in [5.41, 5.74) is 2.51. The lowest BCUT2D eigenvalue weighted by Crippen LogP contribution is -2.46. The number of amides is 2. The van der Waals surface area contributed by atoms with Crippen molar-refractivity contribution in [1.82, 2.24) is 9.97 Å². The van der Waals surface area contributed by atoms with Crippen LogP contribution in [-0.2, 0) is 13.0 Å². The third kappa shape index (κ3) is 2.68. The van der Waals surface area contributed by atoms with Crippen LogP contribution in [0.4, 0.5) is 25.0 Å². The van der Waals surface area contributed by atoms with Crippen molar-refractivity contribution in [2.24, 2.45) is 0 Å². The van der Waals surface area contributed by atoms with Crippen molar-refractivity contribution in [2.75, 3.05) is 31.1 Å². The minimum atomic E-state index is -0.971. The third-order valence-corrected chi connectivity index (χ3v) is 5.21. The summed E-state index contributed by atoms with van der Waals surface area (Å²) in [6, 6.07) is 0.542. The number of benzene rings is 1. The molecule has 0 bridgehead atoms. The smallest absolute Gasteiger partial charge is 0.329 e. The van der Waals surface area contributed by atoms with Crippen LogP contribution in [0.25, 0.3) is 11.0 Å². The number of carbonyl (C=O) groups excluding carboxylic acids is 1. The molecule has 4 rings (SSSR count). The highest BCUT2D eigenvalue weighted by molar-refractivity contribution is 6.11. The van der Waals surface area contributed by atoms with Crippen LogP contribution in [0.1, 0.15) is 18.1 Å². The summed E-state index contributed by atoms with van der Waals surface area (Å²) in [6.45, 7) is 1.96. The van der Waals surface area contributed by atoms with Crippen LogP contribution < -0.4 is 19.3 Å². The number of ether oxygens (including phenoxy) is 2. The van der Waals surface area contributed by atoms with Crippen molar-refractivity contribution in [3.63, 3.8) is 0 Å². The van der Waals surface area contributed by atoms with E-state index in [0.717, 1.165) is 28.3 Å². The molecule has 1 aliphatic heterocycles. The first kappa shape index (κ1) is 19.0. The van der Waals surface area contributed by atoms with Crippen LogP contribution >= 0.6 is 0 Å². The standard InChI is InChI=1S/C20H20F2N4O3/c1-5-10-7-23-19-14(10)17-11(8-24-19)9-26(20(27)25(17)2)18-15(21)12(28-3)6-13(29-4)16(18)22/h6-8H,5,9H2,1-4H3,(H,23,24). The zero-order valence-corrected chi connectivity index (χ0v) is 16.5. The Labute approximate surface area is 165 Å². The predicted octanol–water partition coefficient (Wildman–Crippen LogP) is 4.00. The number of fused-ring (bicyclic) bond motifs is 3. The molecule has 0 aliphatic carbocycles.